The molecule has 1 aromatic carbocycles. The molecule has 13 heavy (non-hydrogen) atoms. The Balaban J connectivity index is 0.000000671. The highest BCUT2D eigenvalue weighted by molar-refractivity contribution is 5.89. The van der Waals surface area contributed by atoms with Gasteiger partial charge in [0.1, 0.15) is 0 Å². The maximum Gasteiger partial charge on any atom is 0.221 e. The summed E-state index contributed by atoms with van der Waals surface area (Å²) in [6.07, 6.45) is 0. The number of carbonyl (C=O) groups excluding carboxylic acids is 1. The van der Waals surface area contributed by atoms with E-state index in [1.807, 2.05) is 13.8 Å². The molecule has 1 aromatic rings. The molecule has 0 saturated heterocycles. The SMILES string of the molecule is CC.CC(=O)Nc1cccc(N)c1. The summed E-state index contributed by atoms with van der Waals surface area (Å²) in [6.45, 7) is 5.46. The van der Waals surface area contributed by atoms with Crippen molar-refractivity contribution >= 4 is 17.3 Å². The lowest BCUT2D eigenvalue weighted by Crippen LogP contribution is -2.05. The summed E-state index contributed by atoms with van der Waals surface area (Å²) in [5.41, 5.74) is 6.87. The Morgan fingerprint density at radius 3 is 2.46 bits per heavy atom. The molecule has 0 unspecified atom stereocenters. The highest BCUT2D eigenvalue weighted by Gasteiger charge is 1.93. The Labute approximate surface area is 78.9 Å². The molecule has 0 aliphatic carbocycles. The number of nitrogens with one attached hydrogen (secondary N) is 1. The first-order valence-electron chi connectivity index (χ1n) is 4.31. The van der Waals surface area contributed by atoms with Gasteiger partial charge in [0.15, 0.2) is 0 Å². The fourth-order valence-corrected chi connectivity index (χ4v) is 0.820. The van der Waals surface area contributed by atoms with Gasteiger partial charge in [-0.2, -0.15) is 0 Å². The largest absolute Gasteiger partial charge is 0.399 e. The van der Waals surface area contributed by atoms with Crippen molar-refractivity contribution in [3.8, 4) is 0 Å². The third-order valence-electron chi connectivity index (χ3n) is 1.21. The Kier molecular flexibility index (Phi) is 5.35. The predicted molar refractivity (Wildman–Crippen MR) is 56.5 cm³/mol. The summed E-state index contributed by atoms with van der Waals surface area (Å²) in [7, 11) is 0. The van der Waals surface area contributed by atoms with Crippen LogP contribution in [0.4, 0.5) is 11.4 Å². The van der Waals surface area contributed by atoms with Crippen LogP contribution in [0.25, 0.3) is 0 Å². The molecule has 0 heterocycles. The summed E-state index contributed by atoms with van der Waals surface area (Å²) in [6, 6.07) is 7.06. The molecule has 0 fully saturated rings. The van der Waals surface area contributed by atoms with Crippen LogP contribution in [0.5, 0.6) is 0 Å². The number of benzene rings is 1. The van der Waals surface area contributed by atoms with E-state index in [1.165, 1.54) is 6.92 Å². The second-order valence-corrected chi connectivity index (χ2v) is 2.31. The summed E-state index contributed by atoms with van der Waals surface area (Å²) >= 11 is 0. The highest BCUT2D eigenvalue weighted by Crippen LogP contribution is 2.10. The summed E-state index contributed by atoms with van der Waals surface area (Å²) < 4.78 is 0. The van der Waals surface area contributed by atoms with E-state index in [0.717, 1.165) is 5.69 Å². The van der Waals surface area contributed by atoms with E-state index in [1.54, 1.807) is 24.3 Å². The number of hydrogen-bond acceptors (Lipinski definition) is 2. The zero-order valence-corrected chi connectivity index (χ0v) is 8.29. The van der Waals surface area contributed by atoms with E-state index in [4.69, 9.17) is 5.73 Å². The molecule has 0 spiro atoms. The van der Waals surface area contributed by atoms with Crippen LogP contribution >= 0.6 is 0 Å². The topological polar surface area (TPSA) is 55.1 Å². The van der Waals surface area contributed by atoms with Crippen LogP contribution in [-0.4, -0.2) is 5.91 Å². The smallest absolute Gasteiger partial charge is 0.221 e. The van der Waals surface area contributed by atoms with Gasteiger partial charge in [-0.05, 0) is 18.2 Å². The quantitative estimate of drug-likeness (QED) is 0.651. The van der Waals surface area contributed by atoms with Crippen LogP contribution < -0.4 is 11.1 Å². The minimum atomic E-state index is -0.0874. The highest BCUT2D eigenvalue weighted by atomic mass is 16.1. The third kappa shape index (κ3) is 4.85. The second-order valence-electron chi connectivity index (χ2n) is 2.31. The fraction of sp³-hybridized carbons (Fsp3) is 0.300. The van der Waals surface area contributed by atoms with E-state index >= 15 is 0 Å². The van der Waals surface area contributed by atoms with E-state index in [0.29, 0.717) is 5.69 Å². The molecular weight excluding hydrogens is 164 g/mol. The number of anilines is 2. The molecule has 3 heteroatoms. The maximum absolute atomic E-state index is 10.6. The monoisotopic (exact) mass is 180 g/mol. The predicted octanol–water partition coefficient (Wildman–Crippen LogP) is 2.25. The van der Waals surface area contributed by atoms with Gasteiger partial charge in [0, 0.05) is 18.3 Å². The van der Waals surface area contributed by atoms with E-state index < -0.39 is 0 Å². The molecule has 0 aliphatic rings. The minimum Gasteiger partial charge on any atom is -0.399 e. The lowest BCUT2D eigenvalue weighted by Gasteiger charge is -2.01. The van der Waals surface area contributed by atoms with Gasteiger partial charge in [0.2, 0.25) is 5.91 Å². The Hall–Kier alpha value is -1.51. The molecule has 0 aliphatic heterocycles. The van der Waals surface area contributed by atoms with Crippen LogP contribution in [0.3, 0.4) is 0 Å². The third-order valence-corrected chi connectivity index (χ3v) is 1.21. The van der Waals surface area contributed by atoms with Gasteiger partial charge < -0.3 is 11.1 Å². The Morgan fingerprint density at radius 1 is 1.38 bits per heavy atom. The summed E-state index contributed by atoms with van der Waals surface area (Å²) in [4.78, 5) is 10.6. The molecule has 3 N–H and O–H groups in total. The average molecular weight is 180 g/mol. The number of carbonyl (C=O) groups is 1. The number of rotatable bonds is 1. The number of nitrogens with two attached hydrogens (primary N) is 1. The first-order chi connectivity index (χ1) is 6.18. The van der Waals surface area contributed by atoms with Crippen LogP contribution in [0, 0.1) is 0 Å². The van der Waals surface area contributed by atoms with Gasteiger partial charge in [-0.25, -0.2) is 0 Å². The molecule has 1 amide bonds. The van der Waals surface area contributed by atoms with Gasteiger partial charge >= 0.3 is 0 Å². The first kappa shape index (κ1) is 11.5. The van der Waals surface area contributed by atoms with Crippen LogP contribution in [0.2, 0.25) is 0 Å². The zero-order chi connectivity index (χ0) is 10.3. The van der Waals surface area contributed by atoms with E-state index in [2.05, 4.69) is 5.32 Å². The van der Waals surface area contributed by atoms with Crippen molar-refractivity contribution in [1.82, 2.24) is 0 Å². The lowest BCUT2D eigenvalue weighted by molar-refractivity contribution is -0.114. The number of hydrogen-bond donors (Lipinski definition) is 2. The van der Waals surface area contributed by atoms with Gasteiger partial charge in [-0.15, -0.1) is 0 Å². The molecule has 1 rings (SSSR count). The van der Waals surface area contributed by atoms with Gasteiger partial charge in [0.25, 0.3) is 0 Å². The van der Waals surface area contributed by atoms with Crippen molar-refractivity contribution in [2.75, 3.05) is 11.1 Å². The van der Waals surface area contributed by atoms with Crippen molar-refractivity contribution in [1.29, 1.82) is 0 Å². The molecule has 0 saturated carbocycles. The Morgan fingerprint density at radius 2 is 2.00 bits per heavy atom. The second kappa shape index (κ2) is 6.06. The van der Waals surface area contributed by atoms with Crippen LogP contribution in [-0.2, 0) is 4.79 Å². The van der Waals surface area contributed by atoms with Gasteiger partial charge in [0.05, 0.1) is 0 Å². The van der Waals surface area contributed by atoms with Crippen LogP contribution in [0.15, 0.2) is 24.3 Å². The zero-order valence-electron chi connectivity index (χ0n) is 8.29. The molecule has 0 aromatic heterocycles. The normalized spacial score (nSPS) is 8.23. The molecule has 0 bridgehead atoms. The average Bonchev–Trinajstić information content (AvgIpc) is 2.06. The fourth-order valence-electron chi connectivity index (χ4n) is 0.820. The molecule has 0 atom stereocenters. The molecule has 0 radical (unpaired) electrons. The van der Waals surface area contributed by atoms with Crippen molar-refractivity contribution in [3.63, 3.8) is 0 Å². The number of amides is 1. The van der Waals surface area contributed by atoms with Crippen molar-refractivity contribution in [3.05, 3.63) is 24.3 Å². The summed E-state index contributed by atoms with van der Waals surface area (Å²) in [5, 5.41) is 2.63. The number of nitrogen functional groups attached to an aromatic ring is 1. The summed E-state index contributed by atoms with van der Waals surface area (Å²) in [5.74, 6) is -0.0874. The Bertz CT molecular complexity index is 271. The maximum atomic E-state index is 10.6. The van der Waals surface area contributed by atoms with Crippen molar-refractivity contribution in [2.24, 2.45) is 0 Å². The lowest BCUT2D eigenvalue weighted by atomic mass is 10.3. The standard InChI is InChI=1S/C8H10N2O.C2H6/c1-6(11)10-8-4-2-3-7(9)5-8;1-2/h2-5H,9H2,1H3,(H,10,11);1-2H3. The van der Waals surface area contributed by atoms with Gasteiger partial charge in [-0.1, -0.05) is 19.9 Å². The first-order valence-corrected chi connectivity index (χ1v) is 4.31. The van der Waals surface area contributed by atoms with Crippen molar-refractivity contribution in [2.45, 2.75) is 20.8 Å². The molecular formula is C10H16N2O. The van der Waals surface area contributed by atoms with Crippen LogP contribution in [0.1, 0.15) is 20.8 Å². The van der Waals surface area contributed by atoms with E-state index in [9.17, 15) is 4.79 Å². The van der Waals surface area contributed by atoms with E-state index in [-0.39, 0.29) is 5.91 Å². The van der Waals surface area contributed by atoms with Gasteiger partial charge in [-0.3, -0.25) is 4.79 Å². The minimum absolute atomic E-state index is 0.0874. The van der Waals surface area contributed by atoms with Crippen molar-refractivity contribution < 1.29 is 4.79 Å². The molecule has 72 valence electrons. The molecule has 3 nitrogen and oxygen atoms in total.